The number of aromatic nitrogens is 1. The molecule has 0 spiro atoms. The predicted octanol–water partition coefficient (Wildman–Crippen LogP) is 4.26. The number of halogens is 1. The average molecular weight is 281 g/mol. The molecular formula is C14H17ClN2S. The number of nitrogens with zero attached hydrogens (tertiary/aromatic N) is 1. The average Bonchev–Trinajstić information content (AvgIpc) is 2.66. The molecule has 1 aromatic heterocycles. The van der Waals surface area contributed by atoms with Crippen molar-refractivity contribution < 1.29 is 0 Å². The molecule has 2 aromatic rings. The first-order valence-electron chi connectivity index (χ1n) is 5.98. The second kappa shape index (κ2) is 5.83. The lowest BCUT2D eigenvalue weighted by atomic mass is 10.1. The first-order chi connectivity index (χ1) is 8.56. The minimum atomic E-state index is 0.271. The normalized spacial score (nSPS) is 12.7. The first-order valence-corrected chi connectivity index (χ1v) is 7.17. The molecule has 2 nitrogen and oxygen atoms in total. The summed E-state index contributed by atoms with van der Waals surface area (Å²) >= 11 is 7.75. The van der Waals surface area contributed by atoms with E-state index in [0.717, 1.165) is 22.3 Å². The van der Waals surface area contributed by atoms with Crippen LogP contribution in [0.2, 0.25) is 5.02 Å². The topological polar surface area (TPSA) is 24.9 Å². The van der Waals surface area contributed by atoms with Gasteiger partial charge >= 0.3 is 0 Å². The number of hydrogen-bond donors (Lipinski definition) is 1. The molecule has 1 aromatic carbocycles. The van der Waals surface area contributed by atoms with Crippen LogP contribution < -0.4 is 5.32 Å². The smallest absolute Gasteiger partial charge is 0.107 e. The fraction of sp³-hybridized carbons (Fsp3) is 0.357. The van der Waals surface area contributed by atoms with Crippen LogP contribution in [0, 0.1) is 13.8 Å². The van der Waals surface area contributed by atoms with E-state index in [-0.39, 0.29) is 6.04 Å². The van der Waals surface area contributed by atoms with Crippen LogP contribution in [0.25, 0.3) is 0 Å². The van der Waals surface area contributed by atoms with Crippen LogP contribution in [0.4, 0.5) is 0 Å². The van der Waals surface area contributed by atoms with Crippen LogP contribution in [0.3, 0.4) is 0 Å². The molecule has 0 saturated carbocycles. The number of benzene rings is 1. The minimum Gasteiger partial charge on any atom is -0.304 e. The maximum absolute atomic E-state index is 5.99. The maximum Gasteiger partial charge on any atom is 0.107 e. The number of rotatable bonds is 4. The Morgan fingerprint density at radius 1 is 1.39 bits per heavy atom. The first kappa shape index (κ1) is 13.5. The molecule has 96 valence electrons. The molecule has 1 N–H and O–H groups in total. The molecule has 2 rings (SSSR count). The molecule has 0 bridgehead atoms. The molecule has 0 fully saturated rings. The standard InChI is InChI=1S/C14H17ClN2S/c1-9-11(3)18-14(17-9)8-16-10(2)12-5-4-6-13(15)7-12/h4-7,10,16H,8H2,1-3H3/t10-/m1/s1. The molecule has 0 aliphatic heterocycles. The van der Waals surface area contributed by atoms with Crippen molar-refractivity contribution in [2.75, 3.05) is 0 Å². The highest BCUT2D eigenvalue weighted by atomic mass is 35.5. The molecule has 18 heavy (non-hydrogen) atoms. The SMILES string of the molecule is Cc1nc(CN[C@H](C)c2cccc(Cl)c2)sc1C. The number of hydrogen-bond acceptors (Lipinski definition) is 3. The molecule has 4 heteroatoms. The van der Waals surface area contributed by atoms with Gasteiger partial charge in [0.05, 0.1) is 5.69 Å². The second-order valence-corrected chi connectivity index (χ2v) is 6.13. The third kappa shape index (κ3) is 3.31. The van der Waals surface area contributed by atoms with Gasteiger partial charge in [-0.2, -0.15) is 0 Å². The number of nitrogens with one attached hydrogen (secondary N) is 1. The van der Waals surface area contributed by atoms with Gasteiger partial charge in [-0.3, -0.25) is 0 Å². The molecule has 0 aliphatic rings. The predicted molar refractivity (Wildman–Crippen MR) is 78.3 cm³/mol. The van der Waals surface area contributed by atoms with Crippen molar-refractivity contribution in [2.24, 2.45) is 0 Å². The maximum atomic E-state index is 5.99. The number of aryl methyl sites for hydroxylation is 2. The van der Waals surface area contributed by atoms with Gasteiger partial charge in [0, 0.05) is 22.5 Å². The van der Waals surface area contributed by atoms with E-state index in [1.54, 1.807) is 11.3 Å². The van der Waals surface area contributed by atoms with Gasteiger partial charge in [0.2, 0.25) is 0 Å². The minimum absolute atomic E-state index is 0.271. The summed E-state index contributed by atoms with van der Waals surface area (Å²) in [6.45, 7) is 7.10. The largest absolute Gasteiger partial charge is 0.304 e. The van der Waals surface area contributed by atoms with Gasteiger partial charge in [0.15, 0.2) is 0 Å². The van der Waals surface area contributed by atoms with Crippen molar-refractivity contribution in [3.8, 4) is 0 Å². The van der Waals surface area contributed by atoms with E-state index in [4.69, 9.17) is 11.6 Å². The van der Waals surface area contributed by atoms with E-state index >= 15 is 0 Å². The van der Waals surface area contributed by atoms with E-state index in [1.165, 1.54) is 10.4 Å². The van der Waals surface area contributed by atoms with Gasteiger partial charge in [-0.05, 0) is 38.5 Å². The second-order valence-electron chi connectivity index (χ2n) is 4.41. The van der Waals surface area contributed by atoms with Crippen LogP contribution in [-0.4, -0.2) is 4.98 Å². The molecule has 1 heterocycles. The Morgan fingerprint density at radius 3 is 2.78 bits per heavy atom. The van der Waals surface area contributed by atoms with Crippen LogP contribution in [0.1, 0.15) is 34.1 Å². The third-order valence-electron chi connectivity index (χ3n) is 2.98. The van der Waals surface area contributed by atoms with Gasteiger partial charge in [-0.15, -0.1) is 11.3 Å². The summed E-state index contributed by atoms with van der Waals surface area (Å²) in [6.07, 6.45) is 0. The zero-order valence-electron chi connectivity index (χ0n) is 10.8. The van der Waals surface area contributed by atoms with Gasteiger partial charge in [-0.25, -0.2) is 4.98 Å². The van der Waals surface area contributed by atoms with Gasteiger partial charge in [0.25, 0.3) is 0 Å². The van der Waals surface area contributed by atoms with E-state index in [0.29, 0.717) is 0 Å². The summed E-state index contributed by atoms with van der Waals surface area (Å²) in [4.78, 5) is 5.82. The summed E-state index contributed by atoms with van der Waals surface area (Å²) < 4.78 is 0. The Labute approximate surface area is 117 Å². The summed E-state index contributed by atoms with van der Waals surface area (Å²) in [5.74, 6) is 0. The van der Waals surface area contributed by atoms with Gasteiger partial charge < -0.3 is 5.32 Å². The summed E-state index contributed by atoms with van der Waals surface area (Å²) in [5, 5.41) is 5.39. The molecule has 1 atom stereocenters. The quantitative estimate of drug-likeness (QED) is 0.905. The van der Waals surface area contributed by atoms with E-state index in [9.17, 15) is 0 Å². The Hall–Kier alpha value is -0.900. The summed E-state index contributed by atoms with van der Waals surface area (Å²) in [5.41, 5.74) is 2.33. The van der Waals surface area contributed by atoms with Crippen molar-refractivity contribution in [3.05, 3.63) is 50.4 Å². The van der Waals surface area contributed by atoms with E-state index in [1.807, 2.05) is 18.2 Å². The van der Waals surface area contributed by atoms with Crippen LogP contribution in [0.5, 0.6) is 0 Å². The van der Waals surface area contributed by atoms with Crippen LogP contribution >= 0.6 is 22.9 Å². The number of thiazole rings is 1. The zero-order chi connectivity index (χ0) is 13.1. The van der Waals surface area contributed by atoms with Crippen LogP contribution in [-0.2, 0) is 6.54 Å². The molecule has 0 unspecified atom stereocenters. The van der Waals surface area contributed by atoms with Crippen molar-refractivity contribution in [2.45, 2.75) is 33.4 Å². The lowest BCUT2D eigenvalue weighted by molar-refractivity contribution is 0.573. The van der Waals surface area contributed by atoms with Crippen molar-refractivity contribution in [1.82, 2.24) is 10.3 Å². The third-order valence-corrected chi connectivity index (χ3v) is 4.29. The van der Waals surface area contributed by atoms with Gasteiger partial charge in [0.1, 0.15) is 5.01 Å². The van der Waals surface area contributed by atoms with Crippen molar-refractivity contribution >= 4 is 22.9 Å². The molecule has 0 aliphatic carbocycles. The molecular weight excluding hydrogens is 264 g/mol. The summed E-state index contributed by atoms with van der Waals surface area (Å²) in [6, 6.07) is 8.23. The highest BCUT2D eigenvalue weighted by molar-refractivity contribution is 7.11. The Balaban J connectivity index is 1.98. The van der Waals surface area contributed by atoms with Crippen LogP contribution in [0.15, 0.2) is 24.3 Å². The van der Waals surface area contributed by atoms with E-state index < -0.39 is 0 Å². The Kier molecular flexibility index (Phi) is 4.38. The molecule has 0 saturated heterocycles. The van der Waals surface area contributed by atoms with Crippen molar-refractivity contribution in [3.63, 3.8) is 0 Å². The lowest BCUT2D eigenvalue weighted by Gasteiger charge is -2.13. The Bertz CT molecular complexity index is 517. The molecule has 0 amide bonds. The Morgan fingerprint density at radius 2 is 2.17 bits per heavy atom. The van der Waals surface area contributed by atoms with Crippen molar-refractivity contribution in [1.29, 1.82) is 0 Å². The zero-order valence-corrected chi connectivity index (χ0v) is 12.4. The fourth-order valence-corrected chi connectivity index (χ4v) is 2.83. The summed E-state index contributed by atoms with van der Waals surface area (Å²) in [7, 11) is 0. The fourth-order valence-electron chi connectivity index (χ4n) is 1.75. The van der Waals surface area contributed by atoms with E-state index in [2.05, 4.69) is 37.1 Å². The highest BCUT2D eigenvalue weighted by Gasteiger charge is 2.08. The monoisotopic (exact) mass is 280 g/mol. The molecule has 0 radical (unpaired) electrons. The lowest BCUT2D eigenvalue weighted by Crippen LogP contribution is -2.17. The van der Waals surface area contributed by atoms with Gasteiger partial charge in [-0.1, -0.05) is 23.7 Å². The highest BCUT2D eigenvalue weighted by Crippen LogP contribution is 2.20.